The summed E-state index contributed by atoms with van der Waals surface area (Å²) >= 11 is 0. The number of hydrogen-bond donors (Lipinski definition) is 0. The smallest absolute Gasteiger partial charge is 0.411 e. The lowest BCUT2D eigenvalue weighted by atomic mass is 9.77. The number of hydrogen-bond acceptors (Lipinski definition) is 4. The first kappa shape index (κ1) is 20.3. The summed E-state index contributed by atoms with van der Waals surface area (Å²) in [5, 5.41) is 0. The molecule has 0 radical (unpaired) electrons. The Kier molecular flexibility index (Phi) is 6.25. The van der Waals surface area contributed by atoms with Crippen LogP contribution in [0.15, 0.2) is 0 Å². The summed E-state index contributed by atoms with van der Waals surface area (Å²) in [6.07, 6.45) is -1.06. The fourth-order valence-corrected chi connectivity index (χ4v) is 3.54. The van der Waals surface area contributed by atoms with Crippen LogP contribution < -0.4 is 0 Å². The highest BCUT2D eigenvalue weighted by Gasteiger charge is 2.48. The predicted octanol–water partition coefficient (Wildman–Crippen LogP) is 3.43. The zero-order valence-electron chi connectivity index (χ0n) is 15.3. The molecule has 1 spiro atoms. The van der Waals surface area contributed by atoms with Crippen LogP contribution in [0.5, 0.6) is 0 Å². The molecule has 146 valence electrons. The highest BCUT2D eigenvalue weighted by atomic mass is 19.4. The number of alkyl halides is 3. The van der Waals surface area contributed by atoms with Crippen molar-refractivity contribution in [2.45, 2.75) is 63.8 Å². The minimum absolute atomic E-state index is 0.0425. The second kappa shape index (κ2) is 7.70. The van der Waals surface area contributed by atoms with Gasteiger partial charge in [0.05, 0.1) is 0 Å². The van der Waals surface area contributed by atoms with Crippen molar-refractivity contribution >= 4 is 6.09 Å². The molecule has 2 fully saturated rings. The topological polar surface area (TPSA) is 42.0 Å². The van der Waals surface area contributed by atoms with E-state index in [1.165, 1.54) is 0 Å². The fourth-order valence-electron chi connectivity index (χ4n) is 3.54. The van der Waals surface area contributed by atoms with E-state index in [2.05, 4.69) is 9.64 Å². The molecular weight excluding hydrogens is 337 g/mol. The van der Waals surface area contributed by atoms with Gasteiger partial charge in [0.25, 0.3) is 0 Å². The van der Waals surface area contributed by atoms with Crippen molar-refractivity contribution < 1.29 is 27.4 Å². The van der Waals surface area contributed by atoms with Crippen molar-refractivity contribution in [3.05, 3.63) is 0 Å². The van der Waals surface area contributed by atoms with Gasteiger partial charge in [-0.05, 0) is 46.5 Å². The van der Waals surface area contributed by atoms with E-state index < -0.39 is 18.4 Å². The van der Waals surface area contributed by atoms with Crippen molar-refractivity contribution in [2.75, 3.05) is 39.4 Å². The Balaban J connectivity index is 1.77. The van der Waals surface area contributed by atoms with E-state index >= 15 is 0 Å². The van der Waals surface area contributed by atoms with Crippen LogP contribution in [-0.4, -0.2) is 72.6 Å². The molecule has 0 saturated carbocycles. The second-order valence-electron chi connectivity index (χ2n) is 7.99. The third-order valence-corrected chi connectivity index (χ3v) is 4.71. The van der Waals surface area contributed by atoms with Gasteiger partial charge < -0.3 is 14.4 Å². The first-order valence-corrected chi connectivity index (χ1v) is 8.88. The Morgan fingerprint density at radius 2 is 1.88 bits per heavy atom. The van der Waals surface area contributed by atoms with Gasteiger partial charge in [0.2, 0.25) is 0 Å². The molecule has 1 unspecified atom stereocenters. The lowest BCUT2D eigenvalue weighted by Gasteiger charge is -2.57. The highest BCUT2D eigenvalue weighted by Crippen LogP contribution is 2.39. The van der Waals surface area contributed by atoms with Crippen LogP contribution in [0.2, 0.25) is 0 Å². The Morgan fingerprint density at radius 3 is 2.44 bits per heavy atom. The van der Waals surface area contributed by atoms with Crippen LogP contribution in [0.25, 0.3) is 0 Å². The largest absolute Gasteiger partial charge is 0.444 e. The van der Waals surface area contributed by atoms with Gasteiger partial charge in [0, 0.05) is 38.3 Å². The fraction of sp³-hybridized carbons (Fsp3) is 0.941. The second-order valence-corrected chi connectivity index (χ2v) is 7.99. The number of amides is 1. The minimum atomic E-state index is -4.27. The van der Waals surface area contributed by atoms with Gasteiger partial charge in [-0.25, -0.2) is 4.79 Å². The summed E-state index contributed by atoms with van der Waals surface area (Å²) in [4.78, 5) is 16.3. The third kappa shape index (κ3) is 6.02. The molecule has 25 heavy (non-hydrogen) atoms. The van der Waals surface area contributed by atoms with Crippen LogP contribution >= 0.6 is 0 Å². The summed E-state index contributed by atoms with van der Waals surface area (Å²) in [5.74, 6) is 0. The first-order chi connectivity index (χ1) is 11.5. The molecule has 8 heteroatoms. The van der Waals surface area contributed by atoms with Gasteiger partial charge in [0.1, 0.15) is 12.2 Å². The molecule has 2 saturated heterocycles. The van der Waals surface area contributed by atoms with E-state index in [9.17, 15) is 18.0 Å². The van der Waals surface area contributed by atoms with Gasteiger partial charge in [0.15, 0.2) is 0 Å². The highest BCUT2D eigenvalue weighted by molar-refractivity contribution is 5.68. The Hall–Kier alpha value is -1.02. The van der Waals surface area contributed by atoms with E-state index in [1.54, 1.807) is 4.90 Å². The molecular formula is C17H29F3N2O3. The van der Waals surface area contributed by atoms with Crippen LogP contribution in [0.3, 0.4) is 0 Å². The zero-order chi connectivity index (χ0) is 18.7. The molecule has 2 aliphatic rings. The van der Waals surface area contributed by atoms with Gasteiger partial charge in [-0.1, -0.05) is 0 Å². The van der Waals surface area contributed by atoms with E-state index in [0.717, 1.165) is 25.8 Å². The standard InChI is InChI=1S/C17H29F3N2O3/c1-15(2,3)25-14(23)21-8-4-6-16(12-21)7-10-22(16)9-5-11-24-13-17(18,19)20/h4-13H2,1-3H3. The number of rotatable bonds is 5. The van der Waals surface area contributed by atoms with Gasteiger partial charge in [-0.15, -0.1) is 0 Å². The molecule has 1 amide bonds. The van der Waals surface area contributed by atoms with E-state index in [0.29, 0.717) is 26.1 Å². The molecule has 0 aromatic rings. The summed E-state index contributed by atoms with van der Waals surface area (Å²) in [6, 6.07) is 0. The average Bonchev–Trinajstić information content (AvgIpc) is 2.47. The molecule has 5 nitrogen and oxygen atoms in total. The normalized spacial score (nSPS) is 25.1. The number of piperidine rings is 1. The molecule has 0 aromatic carbocycles. The van der Waals surface area contributed by atoms with Crippen LogP contribution in [-0.2, 0) is 9.47 Å². The van der Waals surface area contributed by atoms with Gasteiger partial charge in [-0.3, -0.25) is 4.90 Å². The van der Waals surface area contributed by atoms with Crippen LogP contribution in [0, 0.1) is 0 Å². The molecule has 0 aromatic heterocycles. The number of ether oxygens (including phenoxy) is 2. The molecule has 1 atom stereocenters. The Morgan fingerprint density at radius 1 is 1.16 bits per heavy atom. The van der Waals surface area contributed by atoms with Crippen LogP contribution in [0.1, 0.15) is 46.5 Å². The maximum atomic E-state index is 12.3. The summed E-state index contributed by atoms with van der Waals surface area (Å²) in [5.41, 5.74) is -0.560. The quantitative estimate of drug-likeness (QED) is 0.699. The number of carbonyl (C=O) groups is 1. The van der Waals surface area contributed by atoms with Gasteiger partial charge in [-0.2, -0.15) is 13.2 Å². The molecule has 2 rings (SSSR count). The SMILES string of the molecule is CC(C)(C)OC(=O)N1CCCC2(CCN2CCCOCC(F)(F)F)C1. The minimum Gasteiger partial charge on any atom is -0.444 e. The molecule has 0 aliphatic carbocycles. The number of halogens is 3. The predicted molar refractivity (Wildman–Crippen MR) is 87.5 cm³/mol. The zero-order valence-corrected chi connectivity index (χ0v) is 15.3. The summed E-state index contributed by atoms with van der Waals surface area (Å²) < 4.78 is 46.3. The van der Waals surface area contributed by atoms with Crippen molar-refractivity contribution in [1.29, 1.82) is 0 Å². The molecule has 2 heterocycles. The molecule has 2 aliphatic heterocycles. The lowest BCUT2D eigenvalue weighted by molar-refractivity contribution is -0.174. The summed E-state index contributed by atoms with van der Waals surface area (Å²) in [7, 11) is 0. The van der Waals surface area contributed by atoms with Crippen molar-refractivity contribution in [2.24, 2.45) is 0 Å². The lowest BCUT2D eigenvalue weighted by Crippen LogP contribution is -2.67. The monoisotopic (exact) mass is 366 g/mol. The van der Waals surface area contributed by atoms with Crippen LogP contribution in [0.4, 0.5) is 18.0 Å². The summed E-state index contributed by atoms with van der Waals surface area (Å²) in [6.45, 7) is 7.39. The van der Waals surface area contributed by atoms with E-state index in [-0.39, 0.29) is 18.2 Å². The van der Waals surface area contributed by atoms with Crippen molar-refractivity contribution in [1.82, 2.24) is 9.80 Å². The van der Waals surface area contributed by atoms with E-state index in [4.69, 9.17) is 4.74 Å². The maximum Gasteiger partial charge on any atom is 0.411 e. The first-order valence-electron chi connectivity index (χ1n) is 8.88. The Labute approximate surface area is 147 Å². The Bertz CT molecular complexity index is 465. The molecule has 0 N–H and O–H groups in total. The maximum absolute atomic E-state index is 12.3. The molecule has 0 bridgehead atoms. The van der Waals surface area contributed by atoms with Crippen molar-refractivity contribution in [3.63, 3.8) is 0 Å². The number of nitrogens with zero attached hydrogens (tertiary/aromatic N) is 2. The van der Waals surface area contributed by atoms with Crippen molar-refractivity contribution in [3.8, 4) is 0 Å². The number of likely N-dealkylation sites (tertiary alicyclic amines) is 2. The number of carbonyl (C=O) groups excluding carboxylic acids is 1. The van der Waals surface area contributed by atoms with Gasteiger partial charge >= 0.3 is 12.3 Å². The van der Waals surface area contributed by atoms with E-state index in [1.807, 2.05) is 20.8 Å². The average molecular weight is 366 g/mol. The third-order valence-electron chi connectivity index (χ3n) is 4.71.